The summed E-state index contributed by atoms with van der Waals surface area (Å²) in [5.41, 5.74) is 7.09. The molecular formula is C22H35NO5. The highest BCUT2D eigenvalue weighted by Crippen LogP contribution is 2.42. The van der Waals surface area contributed by atoms with Crippen LogP contribution in [0.4, 0.5) is 0 Å². The van der Waals surface area contributed by atoms with Gasteiger partial charge in [0.15, 0.2) is 0 Å². The highest BCUT2D eigenvalue weighted by molar-refractivity contribution is 5.78. The van der Waals surface area contributed by atoms with Crippen LogP contribution in [0, 0.1) is 5.92 Å². The summed E-state index contributed by atoms with van der Waals surface area (Å²) in [6.45, 7) is 14.1. The third kappa shape index (κ3) is 5.96. The Morgan fingerprint density at radius 1 is 1.00 bits per heavy atom. The van der Waals surface area contributed by atoms with Gasteiger partial charge < -0.3 is 19.9 Å². The SMILES string of the molecule is COC(=O)[C@@H](N)[C@@H](C)CC(=O)Oc1c(C(C)(C)C)cc(OC)cc1C(C)(C)C. The lowest BCUT2D eigenvalue weighted by molar-refractivity contribution is -0.144. The maximum Gasteiger partial charge on any atom is 0.322 e. The van der Waals surface area contributed by atoms with Crippen molar-refractivity contribution in [2.45, 2.75) is 71.8 Å². The van der Waals surface area contributed by atoms with Gasteiger partial charge in [0.25, 0.3) is 0 Å². The maximum atomic E-state index is 12.7. The Labute approximate surface area is 168 Å². The van der Waals surface area contributed by atoms with Gasteiger partial charge in [0.1, 0.15) is 17.5 Å². The third-order valence-electron chi connectivity index (χ3n) is 4.71. The lowest BCUT2D eigenvalue weighted by Crippen LogP contribution is -2.39. The number of hydrogen-bond acceptors (Lipinski definition) is 6. The van der Waals surface area contributed by atoms with Crippen molar-refractivity contribution in [3.63, 3.8) is 0 Å². The van der Waals surface area contributed by atoms with Gasteiger partial charge in [-0.15, -0.1) is 0 Å². The molecule has 0 aromatic heterocycles. The number of nitrogens with two attached hydrogens (primary N) is 1. The second-order valence-corrected chi connectivity index (χ2v) is 9.26. The number of methoxy groups -OCH3 is 2. The fourth-order valence-corrected chi connectivity index (χ4v) is 2.86. The Kier molecular flexibility index (Phi) is 7.66. The van der Waals surface area contributed by atoms with Crippen molar-refractivity contribution in [2.24, 2.45) is 11.7 Å². The standard InChI is InChI=1S/C22H35NO5/c1-13(18(23)20(25)27-9)10-17(24)28-19-15(21(2,3)4)11-14(26-8)12-16(19)22(5,6)7/h11-13,18H,10,23H2,1-9H3/t13-,18-/m0/s1. The van der Waals surface area contributed by atoms with E-state index in [0.717, 1.165) is 16.9 Å². The number of ether oxygens (including phenoxy) is 3. The highest BCUT2D eigenvalue weighted by Gasteiger charge is 2.31. The van der Waals surface area contributed by atoms with Gasteiger partial charge in [0.2, 0.25) is 0 Å². The van der Waals surface area contributed by atoms with E-state index in [0.29, 0.717) is 5.75 Å². The minimum absolute atomic E-state index is 0.00939. The molecule has 0 aliphatic heterocycles. The number of benzene rings is 1. The Balaban J connectivity index is 3.31. The van der Waals surface area contributed by atoms with E-state index in [4.69, 9.17) is 15.2 Å². The van der Waals surface area contributed by atoms with Gasteiger partial charge in [-0.25, -0.2) is 0 Å². The summed E-state index contributed by atoms with van der Waals surface area (Å²) in [6.07, 6.45) is 0.00939. The van der Waals surface area contributed by atoms with Gasteiger partial charge in [-0.2, -0.15) is 0 Å². The molecule has 2 atom stereocenters. The van der Waals surface area contributed by atoms with Crippen LogP contribution in [0.5, 0.6) is 11.5 Å². The van der Waals surface area contributed by atoms with Crippen LogP contribution in [-0.2, 0) is 25.2 Å². The van der Waals surface area contributed by atoms with E-state index in [1.165, 1.54) is 7.11 Å². The fourth-order valence-electron chi connectivity index (χ4n) is 2.86. The lowest BCUT2D eigenvalue weighted by atomic mass is 9.79. The number of esters is 2. The van der Waals surface area contributed by atoms with Crippen molar-refractivity contribution >= 4 is 11.9 Å². The van der Waals surface area contributed by atoms with Gasteiger partial charge in [-0.1, -0.05) is 48.5 Å². The molecule has 0 bridgehead atoms. The van der Waals surface area contributed by atoms with Gasteiger partial charge in [0, 0.05) is 11.1 Å². The van der Waals surface area contributed by atoms with E-state index in [-0.39, 0.29) is 17.3 Å². The lowest BCUT2D eigenvalue weighted by Gasteiger charge is -2.30. The second-order valence-electron chi connectivity index (χ2n) is 9.26. The second kappa shape index (κ2) is 8.95. The Morgan fingerprint density at radius 3 is 1.82 bits per heavy atom. The van der Waals surface area contributed by atoms with Crippen molar-refractivity contribution in [3.8, 4) is 11.5 Å². The highest BCUT2D eigenvalue weighted by atomic mass is 16.5. The molecule has 6 nitrogen and oxygen atoms in total. The monoisotopic (exact) mass is 393 g/mol. The zero-order chi connectivity index (χ0) is 21.9. The average molecular weight is 394 g/mol. The van der Waals surface area contributed by atoms with Crippen LogP contribution in [0.2, 0.25) is 0 Å². The molecule has 1 aromatic carbocycles. The van der Waals surface area contributed by atoms with Crippen molar-refractivity contribution in [2.75, 3.05) is 14.2 Å². The molecule has 0 unspecified atom stereocenters. The summed E-state index contributed by atoms with van der Waals surface area (Å²) in [5.74, 6) is -0.127. The number of carbonyl (C=O) groups is 2. The molecule has 0 aliphatic carbocycles. The van der Waals surface area contributed by atoms with Crippen molar-refractivity contribution < 1.29 is 23.8 Å². The summed E-state index contributed by atoms with van der Waals surface area (Å²) >= 11 is 0. The minimum atomic E-state index is -0.877. The first kappa shape index (κ1) is 24.0. The summed E-state index contributed by atoms with van der Waals surface area (Å²) in [5, 5.41) is 0. The van der Waals surface area contributed by atoms with Crippen LogP contribution >= 0.6 is 0 Å². The summed E-state index contributed by atoms with van der Waals surface area (Å²) < 4.78 is 16.0. The molecule has 2 N–H and O–H groups in total. The zero-order valence-electron chi connectivity index (χ0n) is 18.6. The molecule has 1 rings (SSSR count). The molecule has 1 aromatic rings. The van der Waals surface area contributed by atoms with E-state index in [1.54, 1.807) is 14.0 Å². The predicted octanol–water partition coefficient (Wildman–Crippen LogP) is 3.72. The smallest absolute Gasteiger partial charge is 0.322 e. The molecule has 0 saturated heterocycles. The number of rotatable bonds is 6. The Morgan fingerprint density at radius 2 is 1.46 bits per heavy atom. The quantitative estimate of drug-likeness (QED) is 0.585. The zero-order valence-corrected chi connectivity index (χ0v) is 18.6. The van der Waals surface area contributed by atoms with E-state index in [1.807, 2.05) is 12.1 Å². The van der Waals surface area contributed by atoms with Crippen LogP contribution in [0.15, 0.2) is 12.1 Å². The van der Waals surface area contributed by atoms with Crippen molar-refractivity contribution in [1.82, 2.24) is 0 Å². The topological polar surface area (TPSA) is 87.9 Å². The molecule has 28 heavy (non-hydrogen) atoms. The van der Waals surface area contributed by atoms with Crippen LogP contribution in [0.3, 0.4) is 0 Å². The first-order valence-corrected chi connectivity index (χ1v) is 9.49. The molecule has 0 fully saturated rings. The summed E-state index contributed by atoms with van der Waals surface area (Å²) in [4.78, 5) is 24.3. The van der Waals surface area contributed by atoms with Crippen LogP contribution in [0.25, 0.3) is 0 Å². The molecule has 6 heteroatoms. The van der Waals surface area contributed by atoms with Gasteiger partial charge in [0.05, 0.1) is 20.6 Å². The average Bonchev–Trinajstić information content (AvgIpc) is 2.58. The Bertz CT molecular complexity index is 678. The Hall–Kier alpha value is -2.08. The van der Waals surface area contributed by atoms with E-state index in [9.17, 15) is 9.59 Å². The minimum Gasteiger partial charge on any atom is -0.497 e. The third-order valence-corrected chi connectivity index (χ3v) is 4.71. The molecule has 0 heterocycles. The van der Waals surface area contributed by atoms with Crippen molar-refractivity contribution in [3.05, 3.63) is 23.3 Å². The maximum absolute atomic E-state index is 12.7. The van der Waals surface area contributed by atoms with Gasteiger partial charge in [-0.05, 0) is 28.9 Å². The molecular weight excluding hydrogens is 358 g/mol. The van der Waals surface area contributed by atoms with E-state index < -0.39 is 23.9 Å². The van der Waals surface area contributed by atoms with Crippen molar-refractivity contribution in [1.29, 1.82) is 0 Å². The normalized spacial score (nSPS) is 14.2. The van der Waals surface area contributed by atoms with E-state index >= 15 is 0 Å². The molecule has 0 saturated carbocycles. The largest absolute Gasteiger partial charge is 0.497 e. The molecule has 0 amide bonds. The summed E-state index contributed by atoms with van der Waals surface area (Å²) in [7, 11) is 2.89. The van der Waals surface area contributed by atoms with E-state index in [2.05, 4.69) is 46.3 Å². The summed E-state index contributed by atoms with van der Waals surface area (Å²) in [6, 6.07) is 2.93. The molecule has 0 radical (unpaired) electrons. The number of carbonyl (C=O) groups excluding carboxylic acids is 2. The fraction of sp³-hybridized carbons (Fsp3) is 0.636. The molecule has 158 valence electrons. The first-order valence-electron chi connectivity index (χ1n) is 9.49. The first-order chi connectivity index (χ1) is 12.7. The number of hydrogen-bond donors (Lipinski definition) is 1. The van der Waals surface area contributed by atoms with Crippen LogP contribution in [-0.4, -0.2) is 32.2 Å². The van der Waals surface area contributed by atoms with Crippen LogP contribution < -0.4 is 15.2 Å². The molecule has 0 spiro atoms. The predicted molar refractivity (Wildman–Crippen MR) is 110 cm³/mol. The van der Waals surface area contributed by atoms with Gasteiger partial charge in [-0.3, -0.25) is 9.59 Å². The molecule has 0 aliphatic rings. The van der Waals surface area contributed by atoms with Crippen LogP contribution in [0.1, 0.15) is 66.0 Å². The van der Waals surface area contributed by atoms with Gasteiger partial charge >= 0.3 is 11.9 Å².